The number of alkyl halides is 3. The van der Waals surface area contributed by atoms with Gasteiger partial charge in [-0.3, -0.25) is 4.79 Å². The first kappa shape index (κ1) is 24.7. The van der Waals surface area contributed by atoms with E-state index in [4.69, 9.17) is 4.43 Å². The minimum absolute atomic E-state index is 0.0291. The molecular formula is C22H24F3O4S2Si. The number of sulfone groups is 1. The molecule has 10 heteroatoms. The van der Waals surface area contributed by atoms with Gasteiger partial charge in [-0.05, 0) is 60.5 Å². The van der Waals surface area contributed by atoms with E-state index in [0.29, 0.717) is 4.88 Å². The average Bonchev–Trinajstić information content (AvgIpc) is 3.04. The highest BCUT2D eigenvalue weighted by Gasteiger charge is 2.49. The van der Waals surface area contributed by atoms with Crippen molar-refractivity contribution in [3.63, 3.8) is 0 Å². The third-order valence-corrected chi connectivity index (χ3v) is 12.9. The van der Waals surface area contributed by atoms with Gasteiger partial charge in [0.15, 0.2) is 5.78 Å². The molecule has 1 radical (unpaired) electrons. The molecular weight excluding hydrogens is 477 g/mol. The summed E-state index contributed by atoms with van der Waals surface area (Å²) in [5.74, 6) is 0.0389. The smallest absolute Gasteiger partial charge is 0.501 e. The summed E-state index contributed by atoms with van der Waals surface area (Å²) in [6.07, 6.45) is 0.119. The third-order valence-electron chi connectivity index (χ3n) is 5.87. The van der Waals surface area contributed by atoms with Crippen LogP contribution in [-0.4, -0.2) is 28.0 Å². The predicted molar refractivity (Wildman–Crippen MR) is 123 cm³/mol. The lowest BCUT2D eigenvalue weighted by Gasteiger charge is -2.36. The van der Waals surface area contributed by atoms with Crippen LogP contribution in [0.25, 0.3) is 16.5 Å². The number of ketones is 1. The van der Waals surface area contributed by atoms with Crippen LogP contribution in [0.15, 0.2) is 23.1 Å². The lowest BCUT2D eigenvalue weighted by molar-refractivity contribution is -0.0426. The molecule has 1 aliphatic carbocycles. The molecule has 0 amide bonds. The van der Waals surface area contributed by atoms with E-state index in [-0.39, 0.29) is 15.5 Å². The molecule has 0 saturated heterocycles. The second-order valence-corrected chi connectivity index (χ2v) is 17.1. The number of hydrogen-bond donors (Lipinski definition) is 0. The normalized spacial score (nSPS) is 15.4. The van der Waals surface area contributed by atoms with Crippen LogP contribution < -0.4 is 4.43 Å². The topological polar surface area (TPSA) is 60.4 Å². The average molecular weight is 502 g/mol. The maximum atomic E-state index is 12.9. The molecule has 32 heavy (non-hydrogen) atoms. The number of benzene rings is 1. The van der Waals surface area contributed by atoms with Gasteiger partial charge in [0.05, 0.1) is 4.91 Å². The Morgan fingerprint density at radius 1 is 1.16 bits per heavy atom. The Morgan fingerprint density at radius 3 is 2.31 bits per heavy atom. The minimum Gasteiger partial charge on any atom is -0.543 e. The summed E-state index contributed by atoms with van der Waals surface area (Å²) in [5, 5.41) is 0.0291. The maximum Gasteiger partial charge on any atom is 0.501 e. The van der Waals surface area contributed by atoms with Gasteiger partial charge >= 0.3 is 5.51 Å². The summed E-state index contributed by atoms with van der Waals surface area (Å²) >= 11 is 1.04. The van der Waals surface area contributed by atoms with Crippen molar-refractivity contribution >= 4 is 41.4 Å². The summed E-state index contributed by atoms with van der Waals surface area (Å²) in [4.78, 5) is 12.2. The Kier molecular flexibility index (Phi) is 6.06. The van der Waals surface area contributed by atoms with Gasteiger partial charge < -0.3 is 4.43 Å². The van der Waals surface area contributed by atoms with Crippen LogP contribution in [-0.2, 0) is 9.84 Å². The highest BCUT2D eigenvalue weighted by molar-refractivity contribution is 7.96. The van der Waals surface area contributed by atoms with E-state index in [9.17, 15) is 26.4 Å². The van der Waals surface area contributed by atoms with Gasteiger partial charge in [-0.1, -0.05) is 20.8 Å². The van der Waals surface area contributed by atoms with Crippen LogP contribution in [0.1, 0.15) is 48.0 Å². The van der Waals surface area contributed by atoms with E-state index < -0.39 is 40.8 Å². The van der Waals surface area contributed by atoms with Gasteiger partial charge in [-0.25, -0.2) is 8.42 Å². The molecule has 0 saturated carbocycles. The molecule has 1 aromatic heterocycles. The van der Waals surface area contributed by atoms with Gasteiger partial charge in [-0.2, -0.15) is 13.2 Å². The van der Waals surface area contributed by atoms with Crippen molar-refractivity contribution in [2.24, 2.45) is 0 Å². The molecule has 1 aliphatic rings. The molecule has 0 fully saturated rings. The molecule has 1 heterocycles. The Hall–Kier alpha value is -1.91. The number of aryl methyl sites for hydroxylation is 1. The second kappa shape index (κ2) is 7.84. The summed E-state index contributed by atoms with van der Waals surface area (Å²) in [7, 11) is -7.58. The largest absolute Gasteiger partial charge is 0.543 e. The van der Waals surface area contributed by atoms with E-state index in [0.717, 1.165) is 34.3 Å². The highest BCUT2D eigenvalue weighted by Crippen LogP contribution is 2.42. The lowest BCUT2D eigenvalue weighted by atomic mass is 10.0. The van der Waals surface area contributed by atoms with E-state index in [2.05, 4.69) is 39.9 Å². The number of carbonyl (C=O) groups is 1. The van der Waals surface area contributed by atoms with Gasteiger partial charge in [-0.15, -0.1) is 11.3 Å². The fourth-order valence-corrected chi connectivity index (χ4v) is 6.13. The van der Waals surface area contributed by atoms with E-state index in [1.54, 1.807) is 0 Å². The van der Waals surface area contributed by atoms with Crippen LogP contribution in [0.2, 0.25) is 18.1 Å². The summed E-state index contributed by atoms with van der Waals surface area (Å²) in [6, 6.07) is 8.50. The molecule has 3 rings (SSSR count). The maximum absolute atomic E-state index is 12.9. The zero-order valence-electron chi connectivity index (χ0n) is 18.6. The molecule has 0 atom stereocenters. The number of rotatable bonds is 4. The van der Waals surface area contributed by atoms with Crippen molar-refractivity contribution in [1.29, 1.82) is 0 Å². The molecule has 173 valence electrons. The first-order valence-electron chi connectivity index (χ1n) is 9.85. The zero-order valence-corrected chi connectivity index (χ0v) is 21.2. The number of fused-ring (bicyclic) bond motifs is 1. The molecule has 1 aromatic carbocycles. The third kappa shape index (κ3) is 4.45. The number of Topliss-reactive ketones (excluding diaryl/α,β-unsaturated/α-hetero) is 1. The fourth-order valence-electron chi connectivity index (χ4n) is 2.96. The zero-order chi connectivity index (χ0) is 24.3. The summed E-state index contributed by atoms with van der Waals surface area (Å²) in [6.45, 7) is 12.6. The van der Waals surface area contributed by atoms with Crippen molar-refractivity contribution in [1.82, 2.24) is 0 Å². The second-order valence-electron chi connectivity index (χ2n) is 9.29. The van der Waals surface area contributed by atoms with Crippen LogP contribution >= 0.6 is 11.3 Å². The van der Waals surface area contributed by atoms with Crippen LogP contribution in [0.4, 0.5) is 13.2 Å². The summed E-state index contributed by atoms with van der Waals surface area (Å²) in [5.41, 5.74) is -3.71. The first-order chi connectivity index (χ1) is 14.4. The Bertz CT molecular complexity index is 1220. The van der Waals surface area contributed by atoms with Crippen LogP contribution in [0, 0.1) is 13.0 Å². The Labute approximate surface area is 191 Å². The molecule has 4 nitrogen and oxygen atoms in total. The molecule has 0 N–H and O–H groups in total. The number of carbonyl (C=O) groups excluding carboxylic acids is 1. The quantitative estimate of drug-likeness (QED) is 0.434. The van der Waals surface area contributed by atoms with Crippen molar-refractivity contribution in [2.45, 2.75) is 57.8 Å². The van der Waals surface area contributed by atoms with E-state index in [1.807, 2.05) is 25.1 Å². The molecule has 0 aliphatic heterocycles. The van der Waals surface area contributed by atoms with Gasteiger partial charge in [0.1, 0.15) is 5.75 Å². The molecule has 2 aromatic rings. The Morgan fingerprint density at radius 2 is 1.78 bits per heavy atom. The SMILES string of the molecule is Cc1cc(O[Si](C)(C)C(C)(C)C)ccc1-c1[c]c2c(s1)C=C(S(=O)(=O)C(F)(F)F)CC2=O. The molecule has 0 bridgehead atoms. The standard InChI is InChI=1S/C22H24F3O4S2Si/c1-13-9-14(29-32(5,6)21(2,3)4)7-8-16(13)20-12-17-18(26)10-15(11-19(17)30-20)31(27,28)22(23,24)25/h7-9,11H,10H2,1-6H3. The van der Waals surface area contributed by atoms with Crippen LogP contribution in [0.5, 0.6) is 5.75 Å². The lowest BCUT2D eigenvalue weighted by Crippen LogP contribution is -2.43. The number of halogens is 3. The summed E-state index contributed by atoms with van der Waals surface area (Å²) < 4.78 is 68.6. The van der Waals surface area contributed by atoms with E-state index in [1.165, 1.54) is 0 Å². The van der Waals surface area contributed by atoms with Crippen molar-refractivity contribution in [2.75, 3.05) is 0 Å². The van der Waals surface area contributed by atoms with Crippen molar-refractivity contribution < 1.29 is 30.8 Å². The van der Waals surface area contributed by atoms with Gasteiger partial charge in [0, 0.05) is 27.8 Å². The molecule has 0 unspecified atom stereocenters. The van der Waals surface area contributed by atoms with Crippen molar-refractivity contribution in [3.05, 3.63) is 45.2 Å². The first-order valence-corrected chi connectivity index (χ1v) is 15.1. The minimum atomic E-state index is -5.55. The highest BCUT2D eigenvalue weighted by atomic mass is 32.2. The van der Waals surface area contributed by atoms with Crippen molar-refractivity contribution in [3.8, 4) is 16.2 Å². The fraction of sp³-hybridized carbons (Fsp3) is 0.409. The number of thiophene rings is 1. The Balaban J connectivity index is 1.98. The van der Waals surface area contributed by atoms with Gasteiger partial charge in [0.25, 0.3) is 9.84 Å². The molecule has 0 spiro atoms. The van der Waals surface area contributed by atoms with Crippen LogP contribution in [0.3, 0.4) is 0 Å². The number of allylic oxidation sites excluding steroid dienone is 1. The van der Waals surface area contributed by atoms with E-state index >= 15 is 0 Å². The monoisotopic (exact) mass is 501 g/mol. The van der Waals surface area contributed by atoms with Gasteiger partial charge in [0.2, 0.25) is 8.32 Å². The predicted octanol–water partition coefficient (Wildman–Crippen LogP) is 6.77. The number of hydrogen-bond acceptors (Lipinski definition) is 5.